The van der Waals surface area contributed by atoms with Crippen molar-refractivity contribution < 1.29 is 9.53 Å². The maximum absolute atomic E-state index is 11.8. The number of likely N-dealkylation sites (N-methyl/N-ethyl adjacent to an activating group) is 1. The third-order valence-corrected chi connectivity index (χ3v) is 4.78. The number of halogens is 1. The molecule has 1 aromatic rings. The van der Waals surface area contributed by atoms with E-state index in [1.165, 1.54) is 0 Å². The van der Waals surface area contributed by atoms with Crippen molar-refractivity contribution in [1.29, 1.82) is 0 Å². The molecule has 9 nitrogen and oxygen atoms in total. The van der Waals surface area contributed by atoms with Crippen LogP contribution in [0.1, 0.15) is 31.4 Å². The number of rotatable bonds is 6. The molecule has 0 bridgehead atoms. The number of aromatic nitrogens is 2. The number of amides is 1. The monoisotopic (exact) mass is 507 g/mol. The van der Waals surface area contributed by atoms with Crippen LogP contribution in [0.3, 0.4) is 0 Å². The first kappa shape index (κ1) is 24.5. The molecule has 160 valence electrons. The van der Waals surface area contributed by atoms with Gasteiger partial charge in [0.05, 0.1) is 18.8 Å². The minimum absolute atomic E-state index is 0. The number of hydrogen-bond donors (Lipinski definition) is 2. The van der Waals surface area contributed by atoms with E-state index in [9.17, 15) is 4.79 Å². The zero-order valence-electron chi connectivity index (χ0n) is 17.5. The Hall–Kier alpha value is -1.56. The third-order valence-electron chi connectivity index (χ3n) is 4.78. The van der Waals surface area contributed by atoms with Gasteiger partial charge in [-0.3, -0.25) is 9.67 Å². The molecule has 1 amide bonds. The third kappa shape index (κ3) is 7.12. The first-order chi connectivity index (χ1) is 12.9. The molecular weight excluding hydrogens is 473 g/mol. The van der Waals surface area contributed by atoms with E-state index in [0.717, 1.165) is 30.9 Å². The lowest BCUT2D eigenvalue weighted by molar-refractivity contribution is 0.0963. The maximum atomic E-state index is 11.8. The molecule has 1 atom stereocenters. The average molecular weight is 507 g/mol. The molecule has 1 aromatic heterocycles. The van der Waals surface area contributed by atoms with Gasteiger partial charge in [-0.1, -0.05) is 0 Å². The number of carbonyl (C=O) groups excluding carboxylic acids is 1. The van der Waals surface area contributed by atoms with Crippen molar-refractivity contribution in [3.63, 3.8) is 0 Å². The van der Waals surface area contributed by atoms with Gasteiger partial charge in [0.25, 0.3) is 0 Å². The summed E-state index contributed by atoms with van der Waals surface area (Å²) in [5.74, 6) is 0.778. The first-order valence-electron chi connectivity index (χ1n) is 9.48. The molecule has 10 heteroatoms. The molecule has 0 aromatic carbocycles. The van der Waals surface area contributed by atoms with Crippen LogP contribution >= 0.6 is 24.0 Å². The van der Waals surface area contributed by atoms with Gasteiger partial charge in [-0.25, -0.2) is 4.79 Å². The van der Waals surface area contributed by atoms with E-state index in [1.54, 1.807) is 11.9 Å². The van der Waals surface area contributed by atoms with Crippen molar-refractivity contribution in [2.45, 2.75) is 31.8 Å². The summed E-state index contributed by atoms with van der Waals surface area (Å²) in [5.41, 5.74) is 1.16. The molecular formula is C18H34IN7O2. The summed E-state index contributed by atoms with van der Waals surface area (Å²) in [5, 5.41) is 11.2. The minimum atomic E-state index is -0.219. The second-order valence-electron chi connectivity index (χ2n) is 6.98. The summed E-state index contributed by atoms with van der Waals surface area (Å²) in [6, 6.07) is 0.487. The minimum Gasteiger partial charge on any atom is -0.450 e. The van der Waals surface area contributed by atoms with E-state index in [-0.39, 0.29) is 42.2 Å². The molecule has 2 rings (SSSR count). The Morgan fingerprint density at radius 1 is 1.43 bits per heavy atom. The fourth-order valence-corrected chi connectivity index (χ4v) is 3.21. The lowest BCUT2D eigenvalue weighted by Crippen LogP contribution is -2.50. The Balaban J connectivity index is 0.00000392. The number of guanidine groups is 1. The first-order valence-corrected chi connectivity index (χ1v) is 9.48. The van der Waals surface area contributed by atoms with Gasteiger partial charge in [-0.2, -0.15) is 5.10 Å². The summed E-state index contributed by atoms with van der Waals surface area (Å²) in [6.45, 7) is 4.36. The maximum Gasteiger partial charge on any atom is 0.409 e. The summed E-state index contributed by atoms with van der Waals surface area (Å²) in [6.07, 6.45) is 5.46. The summed E-state index contributed by atoms with van der Waals surface area (Å²) >= 11 is 0. The van der Waals surface area contributed by atoms with Crippen LogP contribution in [0, 0.1) is 0 Å². The van der Waals surface area contributed by atoms with Crippen molar-refractivity contribution in [3.8, 4) is 0 Å². The van der Waals surface area contributed by atoms with Crippen LogP contribution in [0.25, 0.3) is 0 Å². The molecule has 1 saturated heterocycles. The van der Waals surface area contributed by atoms with Gasteiger partial charge >= 0.3 is 6.09 Å². The zero-order chi connectivity index (χ0) is 19.8. The van der Waals surface area contributed by atoms with Crippen LogP contribution in [0.15, 0.2) is 17.4 Å². The van der Waals surface area contributed by atoms with E-state index in [2.05, 4.69) is 39.7 Å². The summed E-state index contributed by atoms with van der Waals surface area (Å²) < 4.78 is 6.88. The Labute approximate surface area is 184 Å². The summed E-state index contributed by atoms with van der Waals surface area (Å²) in [7, 11) is 7.81. The van der Waals surface area contributed by atoms with Crippen LogP contribution in [0.2, 0.25) is 0 Å². The smallest absolute Gasteiger partial charge is 0.409 e. The highest BCUT2D eigenvalue weighted by Gasteiger charge is 2.24. The highest BCUT2D eigenvalue weighted by Crippen LogP contribution is 2.16. The van der Waals surface area contributed by atoms with Gasteiger partial charge in [0.2, 0.25) is 0 Å². The van der Waals surface area contributed by atoms with Gasteiger partial charge in [0.1, 0.15) is 0 Å². The van der Waals surface area contributed by atoms with Crippen LogP contribution < -0.4 is 10.6 Å². The number of hydrogen-bond acceptors (Lipinski definition) is 5. The number of carbonyl (C=O) groups is 1. The van der Waals surface area contributed by atoms with E-state index in [4.69, 9.17) is 4.74 Å². The van der Waals surface area contributed by atoms with Crippen molar-refractivity contribution in [3.05, 3.63) is 18.0 Å². The van der Waals surface area contributed by atoms with Crippen molar-refractivity contribution >= 4 is 36.0 Å². The normalized spacial score (nSPS) is 16.5. The molecule has 1 aliphatic rings. The standard InChI is InChI=1S/C18H33N7O2.HI/c1-6-27-18(26)25-9-7-15(8-10-25)22-17(19-2)20-12-16(23(3)4)14-11-21-24(5)13-14;/h11,13,15-16H,6-10,12H2,1-5H3,(H2,19,20,22);1H. The number of likely N-dealkylation sites (tertiary alicyclic amines) is 1. The SMILES string of the molecule is CCOC(=O)N1CCC(NC(=NC)NCC(c2cnn(C)c2)N(C)C)CC1.I. The number of aliphatic imine (C=N–C) groups is 1. The largest absolute Gasteiger partial charge is 0.450 e. The van der Waals surface area contributed by atoms with Gasteiger partial charge in [0.15, 0.2) is 5.96 Å². The number of ether oxygens (including phenoxy) is 1. The van der Waals surface area contributed by atoms with Gasteiger partial charge < -0.3 is 25.2 Å². The fourth-order valence-electron chi connectivity index (χ4n) is 3.21. The van der Waals surface area contributed by atoms with Gasteiger partial charge in [0, 0.05) is 51.5 Å². The molecule has 28 heavy (non-hydrogen) atoms. The molecule has 0 radical (unpaired) electrons. The Morgan fingerprint density at radius 3 is 2.61 bits per heavy atom. The predicted molar refractivity (Wildman–Crippen MR) is 121 cm³/mol. The topological polar surface area (TPSA) is 87.0 Å². The fraction of sp³-hybridized carbons (Fsp3) is 0.722. The van der Waals surface area contributed by atoms with Gasteiger partial charge in [-0.05, 0) is 33.9 Å². The number of piperidine rings is 1. The van der Waals surface area contributed by atoms with Crippen LogP contribution in [0.5, 0.6) is 0 Å². The van der Waals surface area contributed by atoms with E-state index in [0.29, 0.717) is 19.7 Å². The number of nitrogens with one attached hydrogen (secondary N) is 2. The Bertz CT molecular complexity index is 627. The lowest BCUT2D eigenvalue weighted by atomic mass is 10.1. The molecule has 1 aliphatic heterocycles. The van der Waals surface area contributed by atoms with E-state index >= 15 is 0 Å². The quantitative estimate of drug-likeness (QED) is 0.344. The molecule has 1 unspecified atom stereocenters. The zero-order valence-corrected chi connectivity index (χ0v) is 19.8. The van der Waals surface area contributed by atoms with Crippen molar-refractivity contribution in [2.75, 3.05) is 47.4 Å². The van der Waals surface area contributed by atoms with Gasteiger partial charge in [-0.15, -0.1) is 24.0 Å². The number of nitrogens with zero attached hydrogens (tertiary/aromatic N) is 5. The van der Waals surface area contributed by atoms with Crippen molar-refractivity contribution in [1.82, 2.24) is 30.2 Å². The average Bonchev–Trinajstić information content (AvgIpc) is 3.07. The Kier molecular flexibility index (Phi) is 10.6. The highest BCUT2D eigenvalue weighted by atomic mass is 127. The lowest BCUT2D eigenvalue weighted by Gasteiger charge is -2.32. The Morgan fingerprint density at radius 2 is 2.11 bits per heavy atom. The van der Waals surface area contributed by atoms with Crippen LogP contribution in [-0.4, -0.2) is 85.1 Å². The predicted octanol–water partition coefficient (Wildman–Crippen LogP) is 1.43. The molecule has 2 heterocycles. The molecule has 0 spiro atoms. The molecule has 0 aliphatic carbocycles. The highest BCUT2D eigenvalue weighted by molar-refractivity contribution is 14.0. The van der Waals surface area contributed by atoms with Crippen LogP contribution in [-0.2, 0) is 11.8 Å². The second-order valence-corrected chi connectivity index (χ2v) is 6.98. The van der Waals surface area contributed by atoms with Crippen LogP contribution in [0.4, 0.5) is 4.79 Å². The van der Waals surface area contributed by atoms with E-state index in [1.807, 2.05) is 31.0 Å². The second kappa shape index (κ2) is 12.1. The van der Waals surface area contributed by atoms with Crippen molar-refractivity contribution in [2.24, 2.45) is 12.0 Å². The molecule has 1 fully saturated rings. The van der Waals surface area contributed by atoms with E-state index < -0.39 is 0 Å². The molecule has 2 N–H and O–H groups in total. The molecule has 0 saturated carbocycles. The number of aryl methyl sites for hydroxylation is 1. The summed E-state index contributed by atoms with van der Waals surface area (Å²) in [4.78, 5) is 20.1.